The number of ether oxygens (including phenoxy) is 3. The van der Waals surface area contributed by atoms with Gasteiger partial charge in [-0.05, 0) is 32.1 Å². The number of unbranched alkanes of at least 4 members (excludes halogenated alkanes) is 3. The summed E-state index contributed by atoms with van der Waals surface area (Å²) in [5.74, 6) is -0.222. The SMILES string of the molecule is CCCCCCOC(=O)CCCC(=O)OC(C)C(C)CCOC. The van der Waals surface area contributed by atoms with E-state index < -0.39 is 0 Å². The van der Waals surface area contributed by atoms with Gasteiger partial charge in [0.15, 0.2) is 0 Å². The van der Waals surface area contributed by atoms with E-state index in [0.29, 0.717) is 19.6 Å². The van der Waals surface area contributed by atoms with E-state index in [4.69, 9.17) is 14.2 Å². The van der Waals surface area contributed by atoms with Crippen LogP contribution < -0.4 is 0 Å². The smallest absolute Gasteiger partial charge is 0.306 e. The quantitative estimate of drug-likeness (QED) is 0.357. The van der Waals surface area contributed by atoms with E-state index in [1.54, 1.807) is 7.11 Å². The Kier molecular flexibility index (Phi) is 13.8. The third-order valence-electron chi connectivity index (χ3n) is 3.92. The Hall–Kier alpha value is -1.10. The molecule has 5 heteroatoms. The summed E-state index contributed by atoms with van der Waals surface area (Å²) in [7, 11) is 1.66. The van der Waals surface area contributed by atoms with Crippen LogP contribution in [-0.2, 0) is 23.8 Å². The number of esters is 2. The van der Waals surface area contributed by atoms with Crippen LogP contribution >= 0.6 is 0 Å². The number of carbonyl (C=O) groups excluding carboxylic acids is 2. The summed E-state index contributed by atoms with van der Waals surface area (Å²) in [6.45, 7) is 7.21. The molecule has 0 saturated carbocycles. The second kappa shape index (κ2) is 14.5. The maximum absolute atomic E-state index is 11.7. The van der Waals surface area contributed by atoms with Crippen molar-refractivity contribution in [3.8, 4) is 0 Å². The molecule has 2 unspecified atom stereocenters. The lowest BCUT2D eigenvalue weighted by Crippen LogP contribution is -2.23. The number of rotatable bonds is 14. The minimum Gasteiger partial charge on any atom is -0.466 e. The van der Waals surface area contributed by atoms with Gasteiger partial charge in [-0.15, -0.1) is 0 Å². The van der Waals surface area contributed by atoms with Crippen molar-refractivity contribution in [3.05, 3.63) is 0 Å². The average Bonchev–Trinajstić information content (AvgIpc) is 2.52. The van der Waals surface area contributed by atoms with Gasteiger partial charge in [-0.1, -0.05) is 33.1 Å². The Morgan fingerprint density at radius 1 is 0.913 bits per heavy atom. The van der Waals surface area contributed by atoms with E-state index in [1.807, 2.05) is 13.8 Å². The maximum Gasteiger partial charge on any atom is 0.306 e. The summed E-state index contributed by atoms with van der Waals surface area (Å²) in [6, 6.07) is 0. The van der Waals surface area contributed by atoms with Gasteiger partial charge in [-0.3, -0.25) is 9.59 Å². The minimum absolute atomic E-state index is 0.136. The van der Waals surface area contributed by atoms with Crippen molar-refractivity contribution in [1.82, 2.24) is 0 Å². The molecule has 0 aromatic heterocycles. The zero-order valence-electron chi connectivity index (χ0n) is 15.3. The molecule has 23 heavy (non-hydrogen) atoms. The summed E-state index contributed by atoms with van der Waals surface area (Å²) < 4.78 is 15.5. The van der Waals surface area contributed by atoms with Gasteiger partial charge in [0.2, 0.25) is 0 Å². The lowest BCUT2D eigenvalue weighted by molar-refractivity contribution is -0.151. The largest absolute Gasteiger partial charge is 0.466 e. The fraction of sp³-hybridized carbons (Fsp3) is 0.889. The van der Waals surface area contributed by atoms with E-state index in [1.165, 1.54) is 12.8 Å². The van der Waals surface area contributed by atoms with Gasteiger partial charge in [0.05, 0.1) is 6.61 Å². The lowest BCUT2D eigenvalue weighted by Gasteiger charge is -2.20. The second-order valence-electron chi connectivity index (χ2n) is 6.09. The van der Waals surface area contributed by atoms with Crippen LogP contribution in [0.5, 0.6) is 0 Å². The minimum atomic E-state index is -0.252. The van der Waals surface area contributed by atoms with Crippen LogP contribution in [0.25, 0.3) is 0 Å². The molecule has 0 amide bonds. The Morgan fingerprint density at radius 2 is 1.61 bits per heavy atom. The monoisotopic (exact) mass is 330 g/mol. The third-order valence-corrected chi connectivity index (χ3v) is 3.92. The summed E-state index contributed by atoms with van der Waals surface area (Å²) in [4.78, 5) is 23.3. The van der Waals surface area contributed by atoms with Crippen LogP contribution in [0.1, 0.15) is 72.1 Å². The van der Waals surface area contributed by atoms with Gasteiger partial charge < -0.3 is 14.2 Å². The Balaban J connectivity index is 3.66. The number of hydrogen-bond donors (Lipinski definition) is 0. The van der Waals surface area contributed by atoms with Crippen molar-refractivity contribution in [3.63, 3.8) is 0 Å². The van der Waals surface area contributed by atoms with E-state index in [0.717, 1.165) is 19.3 Å². The molecule has 0 N–H and O–H groups in total. The van der Waals surface area contributed by atoms with Crippen LogP contribution in [-0.4, -0.2) is 38.4 Å². The first-order chi connectivity index (χ1) is 11.0. The highest BCUT2D eigenvalue weighted by atomic mass is 16.5. The fourth-order valence-electron chi connectivity index (χ4n) is 2.08. The molecule has 0 radical (unpaired) electrons. The van der Waals surface area contributed by atoms with Gasteiger partial charge in [0, 0.05) is 26.6 Å². The molecule has 0 bridgehead atoms. The highest BCUT2D eigenvalue weighted by molar-refractivity contribution is 5.72. The van der Waals surface area contributed by atoms with Crippen molar-refractivity contribution >= 4 is 11.9 Å². The molecule has 0 aliphatic rings. The van der Waals surface area contributed by atoms with Crippen molar-refractivity contribution in [1.29, 1.82) is 0 Å². The molecule has 0 aliphatic heterocycles. The van der Waals surface area contributed by atoms with Crippen LogP contribution in [0.4, 0.5) is 0 Å². The van der Waals surface area contributed by atoms with Crippen LogP contribution in [0.15, 0.2) is 0 Å². The van der Waals surface area contributed by atoms with Gasteiger partial charge in [0.25, 0.3) is 0 Å². The van der Waals surface area contributed by atoms with Crippen molar-refractivity contribution < 1.29 is 23.8 Å². The predicted octanol–water partition coefficient (Wildman–Crippen LogP) is 3.88. The first kappa shape index (κ1) is 21.9. The first-order valence-corrected chi connectivity index (χ1v) is 8.85. The highest BCUT2D eigenvalue weighted by Gasteiger charge is 2.16. The molecule has 0 aromatic carbocycles. The van der Waals surface area contributed by atoms with E-state index in [9.17, 15) is 9.59 Å². The molecule has 0 heterocycles. The van der Waals surface area contributed by atoms with Crippen LogP contribution in [0, 0.1) is 5.92 Å². The van der Waals surface area contributed by atoms with Crippen LogP contribution in [0.2, 0.25) is 0 Å². The van der Waals surface area contributed by atoms with Gasteiger partial charge in [0.1, 0.15) is 6.10 Å². The van der Waals surface area contributed by atoms with Gasteiger partial charge in [-0.25, -0.2) is 0 Å². The van der Waals surface area contributed by atoms with Crippen molar-refractivity contribution in [2.75, 3.05) is 20.3 Å². The van der Waals surface area contributed by atoms with Crippen LogP contribution in [0.3, 0.4) is 0 Å². The Bertz CT molecular complexity index is 317. The molecule has 0 fully saturated rings. The number of methoxy groups -OCH3 is 1. The second-order valence-corrected chi connectivity index (χ2v) is 6.09. The predicted molar refractivity (Wildman–Crippen MR) is 90.2 cm³/mol. The summed E-state index contributed by atoms with van der Waals surface area (Å²) in [6.07, 6.45) is 6.07. The van der Waals surface area contributed by atoms with Crippen molar-refractivity contribution in [2.45, 2.75) is 78.2 Å². The first-order valence-electron chi connectivity index (χ1n) is 8.85. The topological polar surface area (TPSA) is 61.8 Å². The molecular formula is C18H34O5. The Morgan fingerprint density at radius 3 is 2.26 bits per heavy atom. The van der Waals surface area contributed by atoms with E-state index in [-0.39, 0.29) is 36.8 Å². The maximum atomic E-state index is 11.7. The molecule has 2 atom stereocenters. The number of carbonyl (C=O) groups is 2. The molecule has 0 saturated heterocycles. The summed E-state index contributed by atoms with van der Waals surface area (Å²) in [5.41, 5.74) is 0. The molecular weight excluding hydrogens is 296 g/mol. The zero-order valence-corrected chi connectivity index (χ0v) is 15.3. The van der Waals surface area contributed by atoms with E-state index in [2.05, 4.69) is 6.92 Å². The van der Waals surface area contributed by atoms with Gasteiger partial charge >= 0.3 is 11.9 Å². The Labute approximate surface area is 141 Å². The molecule has 5 nitrogen and oxygen atoms in total. The van der Waals surface area contributed by atoms with Gasteiger partial charge in [-0.2, -0.15) is 0 Å². The molecule has 0 aromatic rings. The number of hydrogen-bond acceptors (Lipinski definition) is 5. The standard InChI is InChI=1S/C18H34O5/c1-5-6-7-8-13-22-17(19)10-9-11-18(20)23-16(3)15(2)12-14-21-4/h15-16H,5-14H2,1-4H3. The summed E-state index contributed by atoms with van der Waals surface area (Å²) >= 11 is 0. The fourth-order valence-corrected chi connectivity index (χ4v) is 2.08. The molecule has 0 aliphatic carbocycles. The normalized spacial score (nSPS) is 13.4. The lowest BCUT2D eigenvalue weighted by atomic mass is 10.0. The zero-order chi connectivity index (χ0) is 17.5. The molecule has 0 spiro atoms. The molecule has 136 valence electrons. The van der Waals surface area contributed by atoms with Crippen molar-refractivity contribution in [2.24, 2.45) is 5.92 Å². The third kappa shape index (κ3) is 13.1. The van der Waals surface area contributed by atoms with E-state index >= 15 is 0 Å². The average molecular weight is 330 g/mol. The summed E-state index contributed by atoms with van der Waals surface area (Å²) in [5, 5.41) is 0. The molecule has 0 rings (SSSR count). The highest BCUT2D eigenvalue weighted by Crippen LogP contribution is 2.13.